The number of rotatable bonds is 3. The van der Waals surface area contributed by atoms with E-state index in [0.717, 1.165) is 17.9 Å². The van der Waals surface area contributed by atoms with Crippen LogP contribution in [0, 0.1) is 0 Å². The molecule has 0 aliphatic carbocycles. The van der Waals surface area contributed by atoms with E-state index in [1.807, 2.05) is 0 Å². The van der Waals surface area contributed by atoms with Crippen molar-refractivity contribution in [2.45, 2.75) is 18.6 Å². The largest absolute Gasteiger partial charge is 0.416 e. The summed E-state index contributed by atoms with van der Waals surface area (Å²) < 4.78 is 37.8. The summed E-state index contributed by atoms with van der Waals surface area (Å²) in [5.41, 5.74) is 5.51. The van der Waals surface area contributed by atoms with Crippen LogP contribution in [0.15, 0.2) is 24.3 Å². The highest BCUT2D eigenvalue weighted by molar-refractivity contribution is 7.99. The molecule has 1 saturated heterocycles. The lowest BCUT2D eigenvalue weighted by molar-refractivity contribution is -0.137. The summed E-state index contributed by atoms with van der Waals surface area (Å²) in [6.07, 6.45) is -4.26. The minimum absolute atomic E-state index is 0.115. The van der Waals surface area contributed by atoms with Gasteiger partial charge in [0.05, 0.1) is 17.5 Å². The molecule has 20 heavy (non-hydrogen) atoms. The van der Waals surface area contributed by atoms with E-state index in [1.54, 1.807) is 22.7 Å². The van der Waals surface area contributed by atoms with Gasteiger partial charge in [0.2, 0.25) is 5.91 Å². The summed E-state index contributed by atoms with van der Waals surface area (Å²) in [4.78, 5) is 13.6. The van der Waals surface area contributed by atoms with Gasteiger partial charge in [0.25, 0.3) is 0 Å². The fourth-order valence-corrected chi connectivity index (χ4v) is 2.99. The van der Waals surface area contributed by atoms with E-state index in [9.17, 15) is 18.0 Å². The predicted molar refractivity (Wildman–Crippen MR) is 72.2 cm³/mol. The third kappa shape index (κ3) is 3.67. The van der Waals surface area contributed by atoms with E-state index in [2.05, 4.69) is 0 Å². The van der Waals surface area contributed by atoms with Crippen LogP contribution < -0.4 is 5.73 Å². The van der Waals surface area contributed by atoms with Crippen molar-refractivity contribution in [3.8, 4) is 0 Å². The molecule has 0 radical (unpaired) electrons. The van der Waals surface area contributed by atoms with Gasteiger partial charge in [-0.15, -0.1) is 11.8 Å². The molecule has 1 atom stereocenters. The molecule has 0 bridgehead atoms. The third-order valence-electron chi connectivity index (χ3n) is 3.09. The Hall–Kier alpha value is -1.21. The van der Waals surface area contributed by atoms with Crippen LogP contribution in [0.3, 0.4) is 0 Å². The third-order valence-corrected chi connectivity index (χ3v) is 4.06. The van der Waals surface area contributed by atoms with Gasteiger partial charge in [0.15, 0.2) is 0 Å². The molecule has 1 aliphatic heterocycles. The highest BCUT2D eigenvalue weighted by Crippen LogP contribution is 2.29. The molecular weight excluding hydrogens is 289 g/mol. The molecule has 2 rings (SSSR count). The maximum atomic E-state index is 12.6. The normalized spacial score (nSPS) is 17.3. The highest BCUT2D eigenvalue weighted by Gasteiger charge is 2.31. The SMILES string of the molecule is NC(Cc1cccc(C(F)(F)F)c1)C(=O)N1CCSC1. The van der Waals surface area contributed by atoms with E-state index < -0.39 is 17.8 Å². The molecule has 1 aliphatic rings. The second-order valence-corrected chi connectivity index (χ2v) is 5.72. The van der Waals surface area contributed by atoms with Gasteiger partial charge in [-0.3, -0.25) is 4.79 Å². The first-order chi connectivity index (χ1) is 9.38. The number of carbonyl (C=O) groups excluding carboxylic acids is 1. The fraction of sp³-hybridized carbons (Fsp3) is 0.462. The molecule has 0 saturated carbocycles. The number of hydrogen-bond acceptors (Lipinski definition) is 3. The van der Waals surface area contributed by atoms with Crippen LogP contribution in [0.4, 0.5) is 13.2 Å². The van der Waals surface area contributed by atoms with Gasteiger partial charge in [-0.1, -0.05) is 18.2 Å². The molecule has 1 amide bonds. The Labute approximate surface area is 119 Å². The monoisotopic (exact) mass is 304 g/mol. The zero-order valence-electron chi connectivity index (χ0n) is 10.7. The number of halogens is 3. The first-order valence-corrected chi connectivity index (χ1v) is 7.31. The van der Waals surface area contributed by atoms with Crippen molar-refractivity contribution >= 4 is 17.7 Å². The Morgan fingerprint density at radius 3 is 2.80 bits per heavy atom. The zero-order chi connectivity index (χ0) is 14.8. The van der Waals surface area contributed by atoms with Crippen molar-refractivity contribution in [3.05, 3.63) is 35.4 Å². The molecule has 7 heteroatoms. The molecule has 2 N–H and O–H groups in total. The van der Waals surface area contributed by atoms with E-state index in [1.165, 1.54) is 6.07 Å². The Morgan fingerprint density at radius 1 is 1.45 bits per heavy atom. The van der Waals surface area contributed by atoms with Crippen LogP contribution in [-0.4, -0.2) is 35.0 Å². The highest BCUT2D eigenvalue weighted by atomic mass is 32.2. The number of alkyl halides is 3. The summed E-state index contributed by atoms with van der Waals surface area (Å²) in [6, 6.07) is 4.15. The van der Waals surface area contributed by atoms with Crippen LogP contribution in [0.2, 0.25) is 0 Å². The average Bonchev–Trinajstić information content (AvgIpc) is 2.91. The van der Waals surface area contributed by atoms with Gasteiger partial charge in [0.1, 0.15) is 0 Å². The Kier molecular flexibility index (Phi) is 4.59. The summed E-state index contributed by atoms with van der Waals surface area (Å²) in [5.74, 6) is 1.28. The molecule has 1 aromatic carbocycles. The lowest BCUT2D eigenvalue weighted by Crippen LogP contribution is -2.43. The first-order valence-electron chi connectivity index (χ1n) is 6.16. The lowest BCUT2D eigenvalue weighted by atomic mass is 10.0. The van der Waals surface area contributed by atoms with Crippen LogP contribution in [0.25, 0.3) is 0 Å². The summed E-state index contributed by atoms with van der Waals surface area (Å²) >= 11 is 1.64. The lowest BCUT2D eigenvalue weighted by Gasteiger charge is -2.19. The van der Waals surface area contributed by atoms with Gasteiger partial charge >= 0.3 is 6.18 Å². The van der Waals surface area contributed by atoms with Gasteiger partial charge in [-0.25, -0.2) is 0 Å². The average molecular weight is 304 g/mol. The van der Waals surface area contributed by atoms with Crippen molar-refractivity contribution in [2.75, 3.05) is 18.2 Å². The number of thioether (sulfide) groups is 1. The van der Waals surface area contributed by atoms with Crippen LogP contribution >= 0.6 is 11.8 Å². The van der Waals surface area contributed by atoms with Gasteiger partial charge in [-0.05, 0) is 18.1 Å². The van der Waals surface area contributed by atoms with Gasteiger partial charge in [-0.2, -0.15) is 13.2 Å². The van der Waals surface area contributed by atoms with Gasteiger partial charge in [0, 0.05) is 12.3 Å². The smallest absolute Gasteiger partial charge is 0.331 e. The Bertz CT molecular complexity index is 487. The van der Waals surface area contributed by atoms with Crippen molar-refractivity contribution in [1.29, 1.82) is 0 Å². The second-order valence-electron chi connectivity index (χ2n) is 4.65. The molecule has 1 unspecified atom stereocenters. The summed E-state index contributed by atoms with van der Waals surface area (Å²) in [6.45, 7) is 0.653. The van der Waals surface area contributed by atoms with Crippen LogP contribution in [0.5, 0.6) is 0 Å². The second kappa shape index (κ2) is 6.05. The molecule has 1 heterocycles. The topological polar surface area (TPSA) is 46.3 Å². The molecule has 0 aromatic heterocycles. The molecule has 1 fully saturated rings. The quantitative estimate of drug-likeness (QED) is 0.930. The Morgan fingerprint density at radius 2 is 2.20 bits per heavy atom. The van der Waals surface area contributed by atoms with Crippen molar-refractivity contribution in [1.82, 2.24) is 4.90 Å². The number of amides is 1. The molecular formula is C13H15F3N2OS. The molecule has 3 nitrogen and oxygen atoms in total. The number of hydrogen-bond donors (Lipinski definition) is 1. The summed E-state index contributed by atoms with van der Waals surface area (Å²) in [5, 5.41) is 0. The minimum atomic E-state index is -4.38. The van der Waals surface area contributed by atoms with E-state index in [0.29, 0.717) is 18.0 Å². The predicted octanol–water partition coefficient (Wildman–Crippen LogP) is 2.11. The fourth-order valence-electron chi connectivity index (χ4n) is 2.04. The maximum absolute atomic E-state index is 12.6. The number of carbonyl (C=O) groups is 1. The number of nitrogens with zero attached hydrogens (tertiary/aromatic N) is 1. The zero-order valence-corrected chi connectivity index (χ0v) is 11.5. The van der Waals surface area contributed by atoms with E-state index in [4.69, 9.17) is 5.73 Å². The Balaban J connectivity index is 2.04. The van der Waals surface area contributed by atoms with Gasteiger partial charge < -0.3 is 10.6 Å². The van der Waals surface area contributed by atoms with Crippen molar-refractivity contribution in [2.24, 2.45) is 5.73 Å². The standard InChI is InChI=1S/C13H15F3N2OS/c14-13(15,16)10-3-1-2-9(6-10)7-11(17)12(19)18-4-5-20-8-18/h1-3,6,11H,4-5,7-8,17H2. The minimum Gasteiger partial charge on any atom is -0.331 e. The van der Waals surface area contributed by atoms with Crippen molar-refractivity contribution in [3.63, 3.8) is 0 Å². The molecule has 0 spiro atoms. The number of nitrogens with two attached hydrogens (primary N) is 1. The van der Waals surface area contributed by atoms with Crippen molar-refractivity contribution < 1.29 is 18.0 Å². The molecule has 1 aromatic rings. The summed E-state index contributed by atoms with van der Waals surface area (Å²) in [7, 11) is 0. The van der Waals surface area contributed by atoms with Crippen LogP contribution in [0.1, 0.15) is 11.1 Å². The maximum Gasteiger partial charge on any atom is 0.416 e. The van der Waals surface area contributed by atoms with E-state index in [-0.39, 0.29) is 12.3 Å². The van der Waals surface area contributed by atoms with E-state index >= 15 is 0 Å². The molecule has 110 valence electrons. The number of benzene rings is 1. The van der Waals surface area contributed by atoms with Crippen LogP contribution in [-0.2, 0) is 17.4 Å². The first kappa shape index (κ1) is 15.2.